The zero-order valence-electron chi connectivity index (χ0n) is 19.9. The van der Waals surface area contributed by atoms with E-state index in [2.05, 4.69) is 16.3 Å². The van der Waals surface area contributed by atoms with Gasteiger partial charge in [-0.25, -0.2) is 4.79 Å². The average molecular weight is 550 g/mol. The van der Waals surface area contributed by atoms with Crippen LogP contribution in [0.25, 0.3) is 0 Å². The van der Waals surface area contributed by atoms with Crippen LogP contribution in [0.1, 0.15) is 34.5 Å². The van der Waals surface area contributed by atoms with Gasteiger partial charge < -0.3 is 19.6 Å². The number of nitriles is 1. The molecule has 200 valence electrons. The molecule has 0 aliphatic carbocycles. The molecule has 1 fully saturated rings. The summed E-state index contributed by atoms with van der Waals surface area (Å²) in [4.78, 5) is 23.4. The molecule has 1 aliphatic rings. The lowest BCUT2D eigenvalue weighted by atomic mass is 10.1. The van der Waals surface area contributed by atoms with Crippen molar-refractivity contribution in [2.24, 2.45) is 0 Å². The molecule has 38 heavy (non-hydrogen) atoms. The van der Waals surface area contributed by atoms with E-state index in [0.717, 1.165) is 32.5 Å². The quantitative estimate of drug-likeness (QED) is 0.403. The fourth-order valence-electron chi connectivity index (χ4n) is 3.58. The number of nitrogens with zero attached hydrogens (tertiary/aromatic N) is 2. The van der Waals surface area contributed by atoms with E-state index in [1.807, 2.05) is 24.3 Å². The third kappa shape index (κ3) is 8.54. The van der Waals surface area contributed by atoms with Crippen LogP contribution in [0.5, 0.6) is 5.75 Å². The van der Waals surface area contributed by atoms with E-state index in [4.69, 9.17) is 35.9 Å². The minimum Gasteiger partial charge on any atom is -0.489 e. The number of likely N-dealkylation sites (tertiary alicyclic amines) is 1. The van der Waals surface area contributed by atoms with Gasteiger partial charge in [-0.3, -0.25) is 9.69 Å². The van der Waals surface area contributed by atoms with Crippen molar-refractivity contribution in [3.8, 4) is 11.8 Å². The monoisotopic (exact) mass is 549 g/mol. The first-order chi connectivity index (χ1) is 18.0. The van der Waals surface area contributed by atoms with Crippen molar-refractivity contribution in [3.05, 3.63) is 82.8 Å². The molecule has 2 N–H and O–H groups in total. The first kappa shape index (κ1) is 28.6. The Morgan fingerprint density at radius 2 is 1.82 bits per heavy atom. The Morgan fingerprint density at radius 3 is 2.34 bits per heavy atom. The van der Waals surface area contributed by atoms with Gasteiger partial charge in [0.1, 0.15) is 11.9 Å². The van der Waals surface area contributed by atoms with Gasteiger partial charge in [-0.05, 0) is 60.9 Å². The molecule has 0 spiro atoms. The van der Waals surface area contributed by atoms with Crippen LogP contribution in [-0.2, 0) is 11.3 Å². The zero-order chi connectivity index (χ0) is 27.7. The summed E-state index contributed by atoms with van der Waals surface area (Å²) in [5, 5.41) is 19.2. The van der Waals surface area contributed by atoms with E-state index in [0.29, 0.717) is 22.0 Å². The minimum absolute atomic E-state index is 0.0956. The number of alkyl halides is 3. The number of carbonyl (C=O) groups excluding carboxylic acids is 1. The number of hydrogen-bond acceptors (Lipinski definition) is 6. The van der Waals surface area contributed by atoms with Gasteiger partial charge in [0, 0.05) is 25.3 Å². The zero-order valence-corrected chi connectivity index (χ0v) is 20.6. The van der Waals surface area contributed by atoms with Crippen LogP contribution in [0.4, 0.5) is 18.9 Å². The van der Waals surface area contributed by atoms with Gasteiger partial charge >= 0.3 is 12.1 Å². The molecule has 4 rings (SSSR count). The standard InChI is InChI=1S/C24H22ClN3O3.C2HF3O2/c25-21-14-19(27-24(29)23-2-1-13-30-23)7-8-22(21)31-20-9-11-28(12-10-20)16-18-5-3-17(15-26)4-6-18;3-2(4,5)1(6)7/h1-8,13-14,20H,9-12,16H2,(H,27,29);(H,6,7). The van der Waals surface area contributed by atoms with Crippen molar-refractivity contribution in [3.63, 3.8) is 0 Å². The lowest BCUT2D eigenvalue weighted by Crippen LogP contribution is -2.37. The van der Waals surface area contributed by atoms with Crippen LogP contribution in [0.15, 0.2) is 65.3 Å². The maximum absolute atomic E-state index is 12.1. The van der Waals surface area contributed by atoms with Crippen molar-refractivity contribution in [2.45, 2.75) is 31.7 Å². The van der Waals surface area contributed by atoms with Crippen LogP contribution in [0.2, 0.25) is 5.02 Å². The number of aliphatic carboxylic acids is 1. The van der Waals surface area contributed by atoms with Gasteiger partial charge in [-0.15, -0.1) is 0 Å². The maximum Gasteiger partial charge on any atom is 0.490 e. The molecule has 0 radical (unpaired) electrons. The van der Waals surface area contributed by atoms with Crippen LogP contribution in [0, 0.1) is 11.3 Å². The second kappa shape index (κ2) is 13.0. The van der Waals surface area contributed by atoms with Gasteiger partial charge in [0.2, 0.25) is 0 Å². The number of rotatable bonds is 6. The number of nitrogens with one attached hydrogen (secondary N) is 1. The van der Waals surface area contributed by atoms with Gasteiger partial charge in [-0.2, -0.15) is 18.4 Å². The number of anilines is 1. The molecule has 0 bridgehead atoms. The number of halogens is 4. The molecule has 2 aromatic carbocycles. The van der Waals surface area contributed by atoms with Crippen LogP contribution >= 0.6 is 11.6 Å². The molecule has 3 aromatic rings. The Hall–Kier alpha value is -4.01. The normalized spacial score (nSPS) is 14.1. The van der Waals surface area contributed by atoms with E-state index in [1.54, 1.807) is 30.3 Å². The predicted octanol–water partition coefficient (Wildman–Crippen LogP) is 5.73. The number of piperidine rings is 1. The first-order valence-corrected chi connectivity index (χ1v) is 11.8. The number of hydrogen-bond donors (Lipinski definition) is 2. The molecular weight excluding hydrogens is 527 g/mol. The Balaban J connectivity index is 0.000000505. The Labute approximate surface area is 221 Å². The molecule has 0 saturated carbocycles. The number of ether oxygens (including phenoxy) is 1. The van der Waals surface area contributed by atoms with Gasteiger partial charge in [0.05, 0.1) is 22.9 Å². The number of benzene rings is 2. The number of furan rings is 1. The van der Waals surface area contributed by atoms with Gasteiger partial charge in [-0.1, -0.05) is 23.7 Å². The fraction of sp³-hybridized carbons (Fsp3) is 0.269. The molecule has 1 saturated heterocycles. The summed E-state index contributed by atoms with van der Waals surface area (Å²) in [6.45, 7) is 2.72. The highest BCUT2D eigenvalue weighted by molar-refractivity contribution is 6.32. The minimum atomic E-state index is -5.08. The highest BCUT2D eigenvalue weighted by Gasteiger charge is 2.38. The second-order valence-electron chi connectivity index (χ2n) is 8.28. The lowest BCUT2D eigenvalue weighted by molar-refractivity contribution is -0.192. The molecule has 8 nitrogen and oxygen atoms in total. The summed E-state index contributed by atoms with van der Waals surface area (Å²) in [6.07, 6.45) is -1.72. The Bertz CT molecular complexity index is 1270. The maximum atomic E-state index is 12.1. The van der Waals surface area contributed by atoms with Crippen molar-refractivity contribution in [1.29, 1.82) is 5.26 Å². The van der Waals surface area contributed by atoms with Crippen molar-refractivity contribution in [1.82, 2.24) is 4.90 Å². The molecule has 1 aromatic heterocycles. The number of carboxylic acids is 1. The van der Waals surface area contributed by atoms with E-state index < -0.39 is 12.1 Å². The van der Waals surface area contributed by atoms with Crippen LogP contribution in [0.3, 0.4) is 0 Å². The van der Waals surface area contributed by atoms with E-state index >= 15 is 0 Å². The summed E-state index contributed by atoms with van der Waals surface area (Å²) in [7, 11) is 0. The van der Waals surface area contributed by atoms with E-state index in [1.165, 1.54) is 11.8 Å². The number of carboxylic acid groups (broad SMARTS) is 1. The molecule has 1 aliphatic heterocycles. The smallest absolute Gasteiger partial charge is 0.489 e. The molecule has 12 heteroatoms. The van der Waals surface area contributed by atoms with Crippen molar-refractivity contribution >= 4 is 29.2 Å². The van der Waals surface area contributed by atoms with Gasteiger partial charge in [0.15, 0.2) is 5.76 Å². The Morgan fingerprint density at radius 1 is 1.16 bits per heavy atom. The first-order valence-electron chi connectivity index (χ1n) is 11.4. The van der Waals surface area contributed by atoms with Crippen molar-refractivity contribution < 1.29 is 37.0 Å². The highest BCUT2D eigenvalue weighted by Crippen LogP contribution is 2.30. The summed E-state index contributed by atoms with van der Waals surface area (Å²) in [6, 6.07) is 18.4. The van der Waals surface area contributed by atoms with Gasteiger partial charge in [0.25, 0.3) is 5.91 Å². The fourth-order valence-corrected chi connectivity index (χ4v) is 3.81. The lowest BCUT2D eigenvalue weighted by Gasteiger charge is -2.32. The third-order valence-electron chi connectivity index (χ3n) is 5.49. The molecule has 0 unspecified atom stereocenters. The van der Waals surface area contributed by atoms with E-state index in [9.17, 15) is 18.0 Å². The SMILES string of the molecule is N#Cc1ccc(CN2CCC(Oc3ccc(NC(=O)c4ccco4)cc3Cl)CC2)cc1.O=C(O)C(F)(F)F. The molecule has 0 atom stereocenters. The summed E-state index contributed by atoms with van der Waals surface area (Å²) < 4.78 is 42.9. The molecular formula is C26H23ClF3N3O5. The number of carbonyl (C=O) groups is 2. The van der Waals surface area contributed by atoms with Crippen LogP contribution < -0.4 is 10.1 Å². The third-order valence-corrected chi connectivity index (χ3v) is 5.79. The highest BCUT2D eigenvalue weighted by atomic mass is 35.5. The second-order valence-corrected chi connectivity index (χ2v) is 8.69. The number of amides is 1. The molecule has 1 amide bonds. The average Bonchev–Trinajstić information content (AvgIpc) is 3.42. The largest absolute Gasteiger partial charge is 0.490 e. The topological polar surface area (TPSA) is 116 Å². The summed E-state index contributed by atoms with van der Waals surface area (Å²) >= 11 is 6.38. The van der Waals surface area contributed by atoms with E-state index in [-0.39, 0.29) is 17.8 Å². The Kier molecular flexibility index (Phi) is 9.76. The summed E-state index contributed by atoms with van der Waals surface area (Å²) in [5.74, 6) is -2.23. The van der Waals surface area contributed by atoms with Crippen LogP contribution in [-0.4, -0.2) is 47.3 Å². The molecule has 2 heterocycles. The van der Waals surface area contributed by atoms with Crippen molar-refractivity contribution in [2.75, 3.05) is 18.4 Å². The summed E-state index contributed by atoms with van der Waals surface area (Å²) in [5.41, 5.74) is 2.46. The predicted molar refractivity (Wildman–Crippen MR) is 132 cm³/mol.